The zero-order valence-corrected chi connectivity index (χ0v) is 15.3. The molecule has 1 aliphatic rings. The molecule has 1 aromatic rings. The Bertz CT molecular complexity index is 683. The number of nitrogens with one attached hydrogen (secondary N) is 1. The minimum absolute atomic E-state index is 0. The summed E-state index contributed by atoms with van der Waals surface area (Å²) in [6, 6.07) is 5.92. The van der Waals surface area contributed by atoms with Crippen LogP contribution in [0.25, 0.3) is 0 Å². The highest BCUT2D eigenvalue weighted by Gasteiger charge is 2.32. The van der Waals surface area contributed by atoms with Gasteiger partial charge in [-0.2, -0.15) is 0 Å². The minimum Gasteiger partial charge on any atom is -0.330 e. The number of primary sulfonamides is 1. The number of carbonyl (C=O) groups excluding carboxylic acids is 1. The molecule has 1 unspecified atom stereocenters. The molecular weight excluding hydrogens is 352 g/mol. The van der Waals surface area contributed by atoms with Crippen LogP contribution in [0.5, 0.6) is 0 Å². The van der Waals surface area contributed by atoms with E-state index in [1.54, 1.807) is 12.1 Å². The van der Waals surface area contributed by atoms with Gasteiger partial charge in [-0.1, -0.05) is 13.0 Å². The molecule has 1 atom stereocenters. The highest BCUT2D eigenvalue weighted by atomic mass is 35.5. The van der Waals surface area contributed by atoms with E-state index in [1.807, 2.05) is 0 Å². The van der Waals surface area contributed by atoms with Crippen LogP contribution in [-0.2, 0) is 14.8 Å². The Morgan fingerprint density at radius 3 is 2.71 bits per heavy atom. The second-order valence-corrected chi connectivity index (χ2v) is 7.97. The number of likely N-dealkylation sites (tertiary alicyclic amines) is 1. The summed E-state index contributed by atoms with van der Waals surface area (Å²) < 4.78 is 22.6. The molecule has 5 N–H and O–H groups in total. The van der Waals surface area contributed by atoms with Crippen molar-refractivity contribution in [3.63, 3.8) is 0 Å². The van der Waals surface area contributed by atoms with Gasteiger partial charge in [0.15, 0.2) is 0 Å². The minimum atomic E-state index is -3.77. The third kappa shape index (κ3) is 5.71. The molecule has 0 saturated carbocycles. The van der Waals surface area contributed by atoms with E-state index >= 15 is 0 Å². The van der Waals surface area contributed by atoms with Gasteiger partial charge in [-0.25, -0.2) is 13.6 Å². The van der Waals surface area contributed by atoms with Crippen molar-refractivity contribution in [1.29, 1.82) is 0 Å². The molecule has 24 heavy (non-hydrogen) atoms. The molecule has 1 amide bonds. The van der Waals surface area contributed by atoms with Crippen LogP contribution in [0.15, 0.2) is 29.2 Å². The van der Waals surface area contributed by atoms with E-state index in [9.17, 15) is 13.2 Å². The van der Waals surface area contributed by atoms with E-state index in [0.29, 0.717) is 25.2 Å². The highest BCUT2D eigenvalue weighted by Crippen LogP contribution is 2.28. The van der Waals surface area contributed by atoms with Gasteiger partial charge >= 0.3 is 0 Å². The number of hydrogen-bond donors (Lipinski definition) is 3. The van der Waals surface area contributed by atoms with Crippen molar-refractivity contribution < 1.29 is 13.2 Å². The molecule has 2 rings (SSSR count). The number of rotatable bonds is 6. The molecule has 1 heterocycles. The topological polar surface area (TPSA) is 119 Å². The zero-order valence-electron chi connectivity index (χ0n) is 13.7. The maximum atomic E-state index is 12.0. The van der Waals surface area contributed by atoms with Crippen molar-refractivity contribution in [3.8, 4) is 0 Å². The van der Waals surface area contributed by atoms with E-state index < -0.39 is 10.0 Å². The molecule has 0 radical (unpaired) electrons. The fourth-order valence-electron chi connectivity index (χ4n) is 2.72. The van der Waals surface area contributed by atoms with E-state index in [4.69, 9.17) is 10.9 Å². The molecule has 7 nitrogen and oxygen atoms in total. The Hall–Kier alpha value is -1.19. The Balaban J connectivity index is 0.00000288. The fraction of sp³-hybridized carbons (Fsp3) is 0.533. The third-order valence-electron chi connectivity index (χ3n) is 4.23. The van der Waals surface area contributed by atoms with Gasteiger partial charge in [0.2, 0.25) is 15.9 Å². The van der Waals surface area contributed by atoms with Crippen LogP contribution in [0.1, 0.15) is 19.8 Å². The van der Waals surface area contributed by atoms with Crippen molar-refractivity contribution in [1.82, 2.24) is 4.90 Å². The number of benzene rings is 1. The molecule has 0 aromatic heterocycles. The maximum absolute atomic E-state index is 12.0. The number of anilines is 1. The van der Waals surface area contributed by atoms with Crippen molar-refractivity contribution >= 4 is 34.0 Å². The molecule has 136 valence electrons. The van der Waals surface area contributed by atoms with Crippen molar-refractivity contribution in [2.45, 2.75) is 24.7 Å². The first kappa shape index (κ1) is 20.9. The average Bonchev–Trinajstić information content (AvgIpc) is 2.87. The van der Waals surface area contributed by atoms with Crippen molar-refractivity contribution in [2.75, 3.05) is 31.5 Å². The summed E-state index contributed by atoms with van der Waals surface area (Å²) in [4.78, 5) is 14.2. The van der Waals surface area contributed by atoms with Crippen molar-refractivity contribution in [3.05, 3.63) is 24.3 Å². The SMILES string of the molecule is CC1(CN)CCN(CCC(=O)Nc2cccc(S(N)(=O)=O)c2)C1.Cl. The van der Waals surface area contributed by atoms with Crippen LogP contribution in [-0.4, -0.2) is 45.4 Å². The maximum Gasteiger partial charge on any atom is 0.238 e. The van der Waals surface area contributed by atoms with Gasteiger partial charge in [0.25, 0.3) is 0 Å². The van der Waals surface area contributed by atoms with E-state index in [0.717, 1.165) is 19.5 Å². The molecule has 1 aromatic carbocycles. The average molecular weight is 377 g/mol. The Labute approximate surface area is 149 Å². The quantitative estimate of drug-likeness (QED) is 0.677. The van der Waals surface area contributed by atoms with Gasteiger partial charge in [0.1, 0.15) is 0 Å². The largest absolute Gasteiger partial charge is 0.330 e. The lowest BCUT2D eigenvalue weighted by molar-refractivity contribution is -0.116. The smallest absolute Gasteiger partial charge is 0.238 e. The number of nitrogens with two attached hydrogens (primary N) is 2. The summed E-state index contributed by atoms with van der Waals surface area (Å²) in [5, 5.41) is 7.78. The molecule has 0 bridgehead atoms. The number of sulfonamides is 1. The van der Waals surface area contributed by atoms with Gasteiger partial charge in [-0.05, 0) is 43.1 Å². The molecule has 1 aliphatic heterocycles. The lowest BCUT2D eigenvalue weighted by Gasteiger charge is -2.22. The number of amides is 1. The van der Waals surface area contributed by atoms with Crippen LogP contribution in [0.2, 0.25) is 0 Å². The van der Waals surface area contributed by atoms with Gasteiger partial charge < -0.3 is 16.0 Å². The summed E-state index contributed by atoms with van der Waals surface area (Å²) in [6.45, 7) is 5.32. The van der Waals surface area contributed by atoms with Gasteiger partial charge in [-0.3, -0.25) is 4.79 Å². The number of halogens is 1. The van der Waals surface area contributed by atoms with Crippen LogP contribution in [0.4, 0.5) is 5.69 Å². The van der Waals surface area contributed by atoms with Crippen LogP contribution < -0.4 is 16.2 Å². The molecule has 0 aliphatic carbocycles. The fourth-order valence-corrected chi connectivity index (χ4v) is 3.28. The van der Waals surface area contributed by atoms with Gasteiger partial charge in [0.05, 0.1) is 4.90 Å². The van der Waals surface area contributed by atoms with E-state index in [2.05, 4.69) is 17.1 Å². The summed E-state index contributed by atoms with van der Waals surface area (Å²) in [5.41, 5.74) is 6.34. The first-order chi connectivity index (χ1) is 10.7. The van der Waals surface area contributed by atoms with Gasteiger partial charge in [-0.15, -0.1) is 12.4 Å². The zero-order chi connectivity index (χ0) is 17.1. The van der Waals surface area contributed by atoms with Crippen LogP contribution >= 0.6 is 12.4 Å². The lowest BCUT2D eigenvalue weighted by Crippen LogP contribution is -2.32. The predicted octanol–water partition coefficient (Wildman–Crippen LogP) is 0.755. The predicted molar refractivity (Wildman–Crippen MR) is 96.5 cm³/mol. The van der Waals surface area contributed by atoms with Crippen LogP contribution in [0, 0.1) is 5.41 Å². The Morgan fingerprint density at radius 1 is 1.42 bits per heavy atom. The molecule has 9 heteroatoms. The first-order valence-electron chi connectivity index (χ1n) is 7.57. The number of carbonyl (C=O) groups is 1. The first-order valence-corrected chi connectivity index (χ1v) is 9.12. The second kappa shape index (κ2) is 8.26. The lowest BCUT2D eigenvalue weighted by atomic mass is 9.90. The summed E-state index contributed by atoms with van der Waals surface area (Å²) in [7, 11) is -3.77. The van der Waals surface area contributed by atoms with Gasteiger partial charge in [0, 0.05) is 25.2 Å². The third-order valence-corrected chi connectivity index (χ3v) is 5.14. The van der Waals surface area contributed by atoms with E-state index in [1.165, 1.54) is 12.1 Å². The molecular formula is C15H25ClN4O3S. The van der Waals surface area contributed by atoms with Crippen LogP contribution in [0.3, 0.4) is 0 Å². The molecule has 0 spiro atoms. The van der Waals surface area contributed by atoms with E-state index in [-0.39, 0.29) is 28.6 Å². The Morgan fingerprint density at radius 2 is 2.12 bits per heavy atom. The second-order valence-electron chi connectivity index (χ2n) is 6.41. The normalized spacial score (nSPS) is 21.3. The standard InChI is InChI=1S/C15H24N4O3S.ClH/c1-15(10-16)6-8-19(11-15)7-5-14(20)18-12-3-2-4-13(9-12)23(17,21)22;/h2-4,9H,5-8,10-11,16H2,1H3,(H,18,20)(H2,17,21,22);1H. The Kier molecular flexibility index (Phi) is 7.18. The molecule has 1 saturated heterocycles. The van der Waals surface area contributed by atoms with Crippen molar-refractivity contribution in [2.24, 2.45) is 16.3 Å². The number of nitrogens with zero attached hydrogens (tertiary/aromatic N) is 1. The highest BCUT2D eigenvalue weighted by molar-refractivity contribution is 7.89. The number of hydrogen-bond acceptors (Lipinski definition) is 5. The summed E-state index contributed by atoms with van der Waals surface area (Å²) >= 11 is 0. The molecule has 1 fully saturated rings. The summed E-state index contributed by atoms with van der Waals surface area (Å²) in [5.74, 6) is -0.155. The summed E-state index contributed by atoms with van der Waals surface area (Å²) in [6.07, 6.45) is 1.39. The monoisotopic (exact) mass is 376 g/mol.